The molecular formula is C16H9FIN3O4. The predicted octanol–water partition coefficient (Wildman–Crippen LogP) is 3.59. The molecule has 0 atom stereocenters. The molecule has 7 nitrogen and oxygen atoms in total. The first-order valence-corrected chi connectivity index (χ1v) is 7.76. The first-order valence-electron chi connectivity index (χ1n) is 6.68. The standard InChI is InChI=1S/C16H9FIN3O4/c17-11-3-1-2-4-13(11)20-16(23)10(8-19)5-9-6-12(18)15(22)14(7-9)21(24)25/h1-7,22H,(H,20,23)/b10-5-. The quantitative estimate of drug-likeness (QED) is 0.241. The smallest absolute Gasteiger partial charge is 0.312 e. The molecule has 0 heterocycles. The summed E-state index contributed by atoms with van der Waals surface area (Å²) in [5.74, 6) is -2.03. The number of nitriles is 1. The summed E-state index contributed by atoms with van der Waals surface area (Å²) in [6, 6.07) is 9.51. The number of carbonyl (C=O) groups is 1. The topological polar surface area (TPSA) is 116 Å². The van der Waals surface area contributed by atoms with Crippen molar-refractivity contribution in [1.82, 2.24) is 0 Å². The van der Waals surface area contributed by atoms with E-state index in [2.05, 4.69) is 5.32 Å². The molecule has 2 aromatic rings. The zero-order chi connectivity index (χ0) is 18.6. The number of phenols is 1. The van der Waals surface area contributed by atoms with E-state index in [0.717, 1.165) is 18.2 Å². The van der Waals surface area contributed by atoms with Crippen molar-refractivity contribution in [1.29, 1.82) is 5.26 Å². The Morgan fingerprint density at radius 3 is 2.68 bits per heavy atom. The van der Waals surface area contributed by atoms with Gasteiger partial charge < -0.3 is 10.4 Å². The Balaban J connectivity index is 2.38. The molecule has 25 heavy (non-hydrogen) atoms. The maximum Gasteiger partial charge on any atom is 0.312 e. The van der Waals surface area contributed by atoms with E-state index in [1.165, 1.54) is 24.3 Å². The number of hydrogen-bond donors (Lipinski definition) is 2. The van der Waals surface area contributed by atoms with Crippen LogP contribution in [0.25, 0.3) is 6.08 Å². The molecule has 2 N–H and O–H groups in total. The lowest BCUT2D eigenvalue weighted by Crippen LogP contribution is -2.14. The zero-order valence-corrected chi connectivity index (χ0v) is 14.5. The molecule has 0 aliphatic heterocycles. The molecule has 0 fully saturated rings. The van der Waals surface area contributed by atoms with Crippen LogP contribution in [0.4, 0.5) is 15.8 Å². The lowest BCUT2D eigenvalue weighted by molar-refractivity contribution is -0.386. The van der Waals surface area contributed by atoms with E-state index in [-0.39, 0.29) is 20.4 Å². The minimum Gasteiger partial charge on any atom is -0.501 e. The largest absolute Gasteiger partial charge is 0.501 e. The van der Waals surface area contributed by atoms with Crippen LogP contribution in [0, 0.1) is 30.8 Å². The van der Waals surface area contributed by atoms with E-state index < -0.39 is 28.1 Å². The van der Waals surface area contributed by atoms with Gasteiger partial charge in [0, 0.05) is 6.07 Å². The third-order valence-electron chi connectivity index (χ3n) is 3.06. The van der Waals surface area contributed by atoms with Gasteiger partial charge in [-0.2, -0.15) is 5.26 Å². The Labute approximate surface area is 154 Å². The van der Waals surface area contributed by atoms with Crippen molar-refractivity contribution < 1.29 is 19.2 Å². The molecular weight excluding hydrogens is 444 g/mol. The number of benzene rings is 2. The summed E-state index contributed by atoms with van der Waals surface area (Å²) < 4.78 is 13.7. The average molecular weight is 453 g/mol. The zero-order valence-electron chi connectivity index (χ0n) is 12.4. The number of amides is 1. The first kappa shape index (κ1) is 18.3. The molecule has 0 spiro atoms. The van der Waals surface area contributed by atoms with E-state index in [1.54, 1.807) is 28.7 Å². The van der Waals surface area contributed by atoms with Crippen LogP contribution >= 0.6 is 22.6 Å². The summed E-state index contributed by atoms with van der Waals surface area (Å²) in [5.41, 5.74) is -0.849. The number of phenolic OH excluding ortho intramolecular Hbond substituents is 1. The van der Waals surface area contributed by atoms with Crippen molar-refractivity contribution in [3.63, 3.8) is 0 Å². The Morgan fingerprint density at radius 1 is 1.40 bits per heavy atom. The number of nitrogens with one attached hydrogen (secondary N) is 1. The SMILES string of the molecule is N#C/C(=C/c1cc(I)c(O)c([N+](=O)[O-])c1)C(=O)Nc1ccccc1F. The fraction of sp³-hybridized carbons (Fsp3) is 0. The van der Waals surface area contributed by atoms with Gasteiger partial charge in [0.2, 0.25) is 5.75 Å². The monoisotopic (exact) mass is 453 g/mol. The van der Waals surface area contributed by atoms with Crippen LogP contribution in [0.1, 0.15) is 5.56 Å². The minimum absolute atomic E-state index is 0.0973. The average Bonchev–Trinajstić information content (AvgIpc) is 2.57. The maximum absolute atomic E-state index is 13.6. The Bertz CT molecular complexity index is 937. The molecule has 0 unspecified atom stereocenters. The summed E-state index contributed by atoms with van der Waals surface area (Å²) in [6.07, 6.45) is 1.12. The highest BCUT2D eigenvalue weighted by Gasteiger charge is 2.18. The highest BCUT2D eigenvalue weighted by atomic mass is 127. The number of halogens is 2. The van der Waals surface area contributed by atoms with Crippen LogP contribution in [-0.4, -0.2) is 15.9 Å². The fourth-order valence-corrected chi connectivity index (χ4v) is 2.53. The van der Waals surface area contributed by atoms with E-state index in [9.17, 15) is 24.4 Å². The van der Waals surface area contributed by atoms with Gasteiger partial charge in [0.15, 0.2) is 0 Å². The maximum atomic E-state index is 13.6. The second kappa shape index (κ2) is 7.71. The normalized spacial score (nSPS) is 10.8. The van der Waals surface area contributed by atoms with Gasteiger partial charge in [-0.25, -0.2) is 4.39 Å². The Kier molecular flexibility index (Phi) is 5.66. The lowest BCUT2D eigenvalue weighted by atomic mass is 10.1. The van der Waals surface area contributed by atoms with Gasteiger partial charge in [-0.05, 0) is 52.4 Å². The van der Waals surface area contributed by atoms with Gasteiger partial charge in [-0.3, -0.25) is 14.9 Å². The van der Waals surface area contributed by atoms with Crippen molar-refractivity contribution in [3.8, 4) is 11.8 Å². The molecule has 0 bridgehead atoms. The second-order valence-electron chi connectivity index (χ2n) is 4.73. The summed E-state index contributed by atoms with van der Waals surface area (Å²) >= 11 is 1.69. The number of nitro groups is 1. The van der Waals surface area contributed by atoms with Crippen LogP contribution in [0.5, 0.6) is 5.75 Å². The van der Waals surface area contributed by atoms with Gasteiger partial charge in [0.1, 0.15) is 17.5 Å². The van der Waals surface area contributed by atoms with Gasteiger partial charge in [-0.1, -0.05) is 12.1 Å². The van der Waals surface area contributed by atoms with Gasteiger partial charge in [0.25, 0.3) is 5.91 Å². The molecule has 2 aromatic carbocycles. The Hall–Kier alpha value is -3.00. The fourth-order valence-electron chi connectivity index (χ4n) is 1.89. The molecule has 126 valence electrons. The van der Waals surface area contributed by atoms with Gasteiger partial charge in [0.05, 0.1) is 14.2 Å². The summed E-state index contributed by atoms with van der Waals surface area (Å²) in [6.45, 7) is 0. The number of carbonyl (C=O) groups excluding carboxylic acids is 1. The van der Waals surface area contributed by atoms with Crippen molar-refractivity contribution in [2.75, 3.05) is 5.32 Å². The summed E-state index contributed by atoms with van der Waals surface area (Å²) in [5, 5.41) is 32.0. The van der Waals surface area contributed by atoms with Crippen LogP contribution in [0.3, 0.4) is 0 Å². The summed E-state index contributed by atoms with van der Waals surface area (Å²) in [7, 11) is 0. The number of aromatic hydroxyl groups is 1. The minimum atomic E-state index is -0.863. The van der Waals surface area contributed by atoms with Crippen LogP contribution in [0.2, 0.25) is 0 Å². The van der Waals surface area contributed by atoms with Gasteiger partial charge >= 0.3 is 5.69 Å². The third-order valence-corrected chi connectivity index (χ3v) is 3.88. The highest BCUT2D eigenvalue weighted by molar-refractivity contribution is 14.1. The molecule has 9 heteroatoms. The van der Waals surface area contributed by atoms with Crippen molar-refractivity contribution >= 4 is 45.9 Å². The third kappa shape index (κ3) is 4.30. The van der Waals surface area contributed by atoms with Crippen molar-refractivity contribution in [2.24, 2.45) is 0 Å². The number of nitro benzene ring substituents is 1. The van der Waals surface area contributed by atoms with Crippen LogP contribution in [0.15, 0.2) is 42.0 Å². The molecule has 1 amide bonds. The molecule has 0 saturated carbocycles. The Morgan fingerprint density at radius 2 is 2.08 bits per heavy atom. The number of nitrogens with zero attached hydrogens (tertiary/aromatic N) is 2. The summed E-state index contributed by atoms with van der Waals surface area (Å²) in [4.78, 5) is 22.3. The van der Waals surface area contributed by atoms with Crippen molar-refractivity contribution in [3.05, 3.63) is 67.0 Å². The van der Waals surface area contributed by atoms with Crippen LogP contribution in [-0.2, 0) is 4.79 Å². The first-order chi connectivity index (χ1) is 11.8. The van der Waals surface area contributed by atoms with Crippen molar-refractivity contribution in [2.45, 2.75) is 0 Å². The number of rotatable bonds is 4. The van der Waals surface area contributed by atoms with Crippen LogP contribution < -0.4 is 5.32 Å². The highest BCUT2D eigenvalue weighted by Crippen LogP contribution is 2.33. The molecule has 0 saturated heterocycles. The molecule has 0 aromatic heterocycles. The predicted molar refractivity (Wildman–Crippen MR) is 96.1 cm³/mol. The lowest BCUT2D eigenvalue weighted by Gasteiger charge is -2.06. The van der Waals surface area contributed by atoms with E-state index >= 15 is 0 Å². The number of anilines is 1. The molecule has 0 radical (unpaired) electrons. The number of hydrogen-bond acceptors (Lipinski definition) is 5. The molecule has 0 aliphatic carbocycles. The van der Waals surface area contributed by atoms with E-state index in [4.69, 9.17) is 5.26 Å². The molecule has 2 rings (SSSR count). The second-order valence-corrected chi connectivity index (χ2v) is 5.89. The van der Waals surface area contributed by atoms with E-state index in [0.29, 0.717) is 0 Å². The van der Waals surface area contributed by atoms with Gasteiger partial charge in [-0.15, -0.1) is 0 Å². The molecule has 0 aliphatic rings. The van der Waals surface area contributed by atoms with E-state index in [1.807, 2.05) is 0 Å². The number of para-hydroxylation sites is 1.